The standard InChI is InChI=1S/C13H17NO5S/c1-9(20(2,18)19)12(15)14-7-6-10-4-3-5-11(8-10)13(16)17/h3-5,8-9H,6-7H2,1-2H3,(H,14,15)(H,16,17). The molecule has 110 valence electrons. The van der Waals surface area contributed by atoms with E-state index in [4.69, 9.17) is 5.11 Å². The zero-order valence-corrected chi connectivity index (χ0v) is 12.1. The van der Waals surface area contributed by atoms with Crippen molar-refractivity contribution in [3.05, 3.63) is 35.4 Å². The molecule has 0 aliphatic carbocycles. The van der Waals surface area contributed by atoms with Crippen molar-refractivity contribution >= 4 is 21.7 Å². The molecule has 1 aromatic rings. The van der Waals surface area contributed by atoms with Gasteiger partial charge in [0.05, 0.1) is 5.56 Å². The second-order valence-electron chi connectivity index (χ2n) is 4.52. The lowest BCUT2D eigenvalue weighted by Gasteiger charge is -2.10. The van der Waals surface area contributed by atoms with E-state index in [1.807, 2.05) is 0 Å². The predicted molar refractivity (Wildman–Crippen MR) is 74.4 cm³/mol. The molecule has 6 nitrogen and oxygen atoms in total. The topological polar surface area (TPSA) is 101 Å². The van der Waals surface area contributed by atoms with Crippen LogP contribution in [-0.2, 0) is 21.1 Å². The first-order chi connectivity index (χ1) is 9.21. The van der Waals surface area contributed by atoms with E-state index in [0.717, 1.165) is 11.8 Å². The van der Waals surface area contributed by atoms with Gasteiger partial charge in [-0.1, -0.05) is 12.1 Å². The minimum absolute atomic E-state index is 0.179. The normalized spacial score (nSPS) is 12.7. The Hall–Kier alpha value is -1.89. The Kier molecular flexibility index (Phi) is 5.26. The van der Waals surface area contributed by atoms with Crippen LogP contribution in [0.2, 0.25) is 0 Å². The van der Waals surface area contributed by atoms with Crippen LogP contribution in [0.25, 0.3) is 0 Å². The SMILES string of the molecule is CC(C(=O)NCCc1cccc(C(=O)O)c1)S(C)(=O)=O. The van der Waals surface area contributed by atoms with E-state index in [1.165, 1.54) is 19.1 Å². The fraction of sp³-hybridized carbons (Fsp3) is 0.385. The molecule has 7 heteroatoms. The van der Waals surface area contributed by atoms with Gasteiger partial charge in [0.15, 0.2) is 9.84 Å². The molecule has 0 spiro atoms. The fourth-order valence-corrected chi connectivity index (χ4v) is 2.00. The van der Waals surface area contributed by atoms with E-state index < -0.39 is 27.0 Å². The highest BCUT2D eigenvalue weighted by Gasteiger charge is 2.22. The van der Waals surface area contributed by atoms with Crippen LogP contribution >= 0.6 is 0 Å². The molecule has 0 radical (unpaired) electrons. The Morgan fingerprint density at radius 2 is 2.00 bits per heavy atom. The van der Waals surface area contributed by atoms with Gasteiger partial charge in [-0.3, -0.25) is 4.79 Å². The molecule has 0 aliphatic rings. The number of rotatable bonds is 6. The molecule has 0 aromatic heterocycles. The zero-order valence-electron chi connectivity index (χ0n) is 11.3. The summed E-state index contributed by atoms with van der Waals surface area (Å²) in [4.78, 5) is 22.4. The highest BCUT2D eigenvalue weighted by Crippen LogP contribution is 2.06. The Morgan fingerprint density at radius 3 is 2.55 bits per heavy atom. The number of carboxylic acid groups (broad SMARTS) is 1. The Bertz CT molecular complexity index is 609. The van der Waals surface area contributed by atoms with E-state index in [9.17, 15) is 18.0 Å². The van der Waals surface area contributed by atoms with Gasteiger partial charge in [0.25, 0.3) is 0 Å². The quantitative estimate of drug-likeness (QED) is 0.795. The summed E-state index contributed by atoms with van der Waals surface area (Å²) in [6.45, 7) is 1.58. The summed E-state index contributed by atoms with van der Waals surface area (Å²) in [5.74, 6) is -1.57. The van der Waals surface area contributed by atoms with Crippen molar-refractivity contribution in [2.75, 3.05) is 12.8 Å². The second-order valence-corrected chi connectivity index (χ2v) is 6.88. The van der Waals surface area contributed by atoms with Crippen molar-refractivity contribution in [1.82, 2.24) is 5.32 Å². The van der Waals surface area contributed by atoms with E-state index >= 15 is 0 Å². The number of carbonyl (C=O) groups is 2. The lowest BCUT2D eigenvalue weighted by atomic mass is 10.1. The first kappa shape index (κ1) is 16.2. The van der Waals surface area contributed by atoms with E-state index in [1.54, 1.807) is 12.1 Å². The number of amides is 1. The third-order valence-corrected chi connectivity index (χ3v) is 4.40. The minimum Gasteiger partial charge on any atom is -0.478 e. The zero-order chi connectivity index (χ0) is 15.3. The molecule has 0 saturated carbocycles. The van der Waals surface area contributed by atoms with Crippen LogP contribution in [0.1, 0.15) is 22.8 Å². The highest BCUT2D eigenvalue weighted by molar-refractivity contribution is 7.92. The van der Waals surface area contributed by atoms with Crippen LogP contribution in [0.4, 0.5) is 0 Å². The monoisotopic (exact) mass is 299 g/mol. The molecular weight excluding hydrogens is 282 g/mol. The molecule has 0 fully saturated rings. The number of aromatic carboxylic acids is 1. The van der Waals surface area contributed by atoms with Gasteiger partial charge in [-0.15, -0.1) is 0 Å². The smallest absolute Gasteiger partial charge is 0.335 e. The van der Waals surface area contributed by atoms with Crippen molar-refractivity contribution in [3.8, 4) is 0 Å². The maximum Gasteiger partial charge on any atom is 0.335 e. The second kappa shape index (κ2) is 6.51. The molecule has 0 aliphatic heterocycles. The molecular formula is C13H17NO5S. The summed E-state index contributed by atoms with van der Waals surface area (Å²) in [7, 11) is -3.40. The van der Waals surface area contributed by atoms with Crippen molar-refractivity contribution in [2.45, 2.75) is 18.6 Å². The Balaban J connectivity index is 2.55. The average molecular weight is 299 g/mol. The summed E-state index contributed by atoms with van der Waals surface area (Å²) < 4.78 is 22.4. The van der Waals surface area contributed by atoms with E-state index in [0.29, 0.717) is 6.42 Å². The molecule has 1 aromatic carbocycles. The van der Waals surface area contributed by atoms with Crippen molar-refractivity contribution in [3.63, 3.8) is 0 Å². The van der Waals surface area contributed by atoms with Crippen LogP contribution in [0.15, 0.2) is 24.3 Å². The summed E-state index contributed by atoms with van der Waals surface area (Å²) >= 11 is 0. The lowest BCUT2D eigenvalue weighted by Crippen LogP contribution is -2.38. The first-order valence-corrected chi connectivity index (χ1v) is 7.96. The van der Waals surface area contributed by atoms with Crippen molar-refractivity contribution in [2.24, 2.45) is 0 Å². The minimum atomic E-state index is -3.40. The number of carbonyl (C=O) groups excluding carboxylic acids is 1. The van der Waals surface area contributed by atoms with Crippen LogP contribution in [-0.4, -0.2) is 43.5 Å². The summed E-state index contributed by atoms with van der Waals surface area (Å²) in [6, 6.07) is 6.38. The molecule has 0 saturated heterocycles. The van der Waals surface area contributed by atoms with Gasteiger partial charge >= 0.3 is 5.97 Å². The van der Waals surface area contributed by atoms with Gasteiger partial charge < -0.3 is 10.4 Å². The fourth-order valence-electron chi connectivity index (χ4n) is 1.53. The number of carboxylic acids is 1. The molecule has 1 amide bonds. The third-order valence-electron chi connectivity index (χ3n) is 2.90. The summed E-state index contributed by atoms with van der Waals surface area (Å²) in [5.41, 5.74) is 0.940. The maximum absolute atomic E-state index is 11.6. The molecule has 1 rings (SSSR count). The summed E-state index contributed by atoms with van der Waals surface area (Å²) in [5, 5.41) is 10.3. The first-order valence-electron chi connectivity index (χ1n) is 6.00. The maximum atomic E-state index is 11.6. The average Bonchev–Trinajstić information content (AvgIpc) is 2.37. The molecule has 2 N–H and O–H groups in total. The van der Waals surface area contributed by atoms with Crippen LogP contribution in [0, 0.1) is 0 Å². The largest absolute Gasteiger partial charge is 0.478 e. The molecule has 1 atom stereocenters. The van der Waals surface area contributed by atoms with E-state index in [2.05, 4.69) is 5.32 Å². The molecule has 20 heavy (non-hydrogen) atoms. The molecule has 1 unspecified atom stereocenters. The Morgan fingerprint density at radius 1 is 1.35 bits per heavy atom. The number of benzene rings is 1. The molecule has 0 bridgehead atoms. The lowest BCUT2D eigenvalue weighted by molar-refractivity contribution is -0.120. The van der Waals surface area contributed by atoms with Crippen molar-refractivity contribution in [1.29, 1.82) is 0 Å². The van der Waals surface area contributed by atoms with Gasteiger partial charge in [-0.05, 0) is 31.0 Å². The van der Waals surface area contributed by atoms with Crippen LogP contribution in [0.3, 0.4) is 0 Å². The van der Waals surface area contributed by atoms with Gasteiger partial charge in [0.2, 0.25) is 5.91 Å². The third kappa shape index (κ3) is 4.65. The highest BCUT2D eigenvalue weighted by atomic mass is 32.2. The van der Waals surface area contributed by atoms with Crippen LogP contribution < -0.4 is 5.32 Å². The summed E-state index contributed by atoms with van der Waals surface area (Å²) in [6.07, 6.45) is 1.44. The predicted octanol–water partition coefficient (Wildman–Crippen LogP) is 0.477. The van der Waals surface area contributed by atoms with Gasteiger partial charge in [0.1, 0.15) is 5.25 Å². The van der Waals surface area contributed by atoms with Crippen molar-refractivity contribution < 1.29 is 23.1 Å². The van der Waals surface area contributed by atoms with Crippen LogP contribution in [0.5, 0.6) is 0 Å². The van der Waals surface area contributed by atoms with Gasteiger partial charge in [-0.25, -0.2) is 13.2 Å². The Labute approximate surface area is 117 Å². The molecule has 0 heterocycles. The number of nitrogens with one attached hydrogen (secondary N) is 1. The van der Waals surface area contributed by atoms with E-state index in [-0.39, 0.29) is 12.1 Å². The number of hydrogen-bond acceptors (Lipinski definition) is 4. The van der Waals surface area contributed by atoms with Gasteiger partial charge in [-0.2, -0.15) is 0 Å². The van der Waals surface area contributed by atoms with Gasteiger partial charge in [0, 0.05) is 12.8 Å². The number of hydrogen-bond donors (Lipinski definition) is 2. The number of sulfone groups is 1.